The Labute approximate surface area is 202 Å². The maximum absolute atomic E-state index is 6.25. The molecule has 0 spiro atoms. The number of aromatic nitrogens is 1. The summed E-state index contributed by atoms with van der Waals surface area (Å²) in [5, 5.41) is 0. The zero-order valence-electron chi connectivity index (χ0n) is 21.8. The fourth-order valence-corrected chi connectivity index (χ4v) is 4.84. The van der Waals surface area contributed by atoms with Crippen molar-refractivity contribution in [3.63, 3.8) is 0 Å². The van der Waals surface area contributed by atoms with Crippen LogP contribution in [-0.4, -0.2) is 4.98 Å². The molecule has 0 saturated carbocycles. The Morgan fingerprint density at radius 1 is 0.879 bits per heavy atom. The minimum atomic E-state index is 0.616. The fourth-order valence-electron chi connectivity index (χ4n) is 4.84. The summed E-state index contributed by atoms with van der Waals surface area (Å²) in [5.41, 5.74) is 7.39. The lowest BCUT2D eigenvalue weighted by Crippen LogP contribution is -2.10. The van der Waals surface area contributed by atoms with E-state index in [1.54, 1.807) is 5.56 Å². The number of nitrogens with zero attached hydrogens (tertiary/aromatic N) is 1. The number of unbranched alkanes of at least 4 members (excludes halogenated alkanes) is 2. The van der Waals surface area contributed by atoms with Gasteiger partial charge in [-0.2, -0.15) is 0 Å². The Balaban J connectivity index is 2.12. The molecular weight excluding hydrogens is 402 g/mol. The number of oxazole rings is 1. The summed E-state index contributed by atoms with van der Waals surface area (Å²) in [6.45, 7) is 14.0. The van der Waals surface area contributed by atoms with Crippen molar-refractivity contribution in [1.29, 1.82) is 0 Å². The van der Waals surface area contributed by atoms with Gasteiger partial charge in [0.1, 0.15) is 5.52 Å². The van der Waals surface area contributed by atoms with Crippen LogP contribution in [0, 0.1) is 17.9 Å². The Hall–Kier alpha value is -2.09. The van der Waals surface area contributed by atoms with Crippen molar-refractivity contribution in [3.05, 3.63) is 53.1 Å². The van der Waals surface area contributed by atoms with Gasteiger partial charge in [0.2, 0.25) is 5.89 Å². The highest BCUT2D eigenvalue weighted by molar-refractivity contribution is 5.77. The van der Waals surface area contributed by atoms with Crippen LogP contribution < -0.4 is 0 Å². The van der Waals surface area contributed by atoms with Gasteiger partial charge in [0.15, 0.2) is 5.58 Å². The van der Waals surface area contributed by atoms with E-state index in [9.17, 15) is 0 Å². The Morgan fingerprint density at radius 2 is 1.58 bits per heavy atom. The molecule has 0 fully saturated rings. The summed E-state index contributed by atoms with van der Waals surface area (Å²) in [6.07, 6.45) is 11.0. The number of para-hydroxylation sites is 2. The Bertz CT molecular complexity index is 964. The highest BCUT2D eigenvalue weighted by Gasteiger charge is 2.22. The molecule has 2 nitrogen and oxygen atoms in total. The maximum atomic E-state index is 6.25. The van der Waals surface area contributed by atoms with E-state index in [-0.39, 0.29) is 0 Å². The summed E-state index contributed by atoms with van der Waals surface area (Å²) in [7, 11) is 0. The van der Waals surface area contributed by atoms with Crippen LogP contribution in [0.25, 0.3) is 22.6 Å². The molecule has 1 radical (unpaired) electrons. The average molecular weight is 447 g/mol. The van der Waals surface area contributed by atoms with Gasteiger partial charge < -0.3 is 4.42 Å². The number of benzene rings is 2. The smallest absolute Gasteiger partial charge is 0.228 e. The monoisotopic (exact) mass is 446 g/mol. The number of rotatable bonds is 13. The minimum Gasteiger partial charge on any atom is -0.436 e. The first-order chi connectivity index (χ1) is 15.9. The zero-order valence-corrected chi connectivity index (χ0v) is 21.8. The SMILES string of the molecule is CCCCCC(CC)c1c[c]c(-c2nc3ccccc3o2)c(CCC(C)C)c1CCC(C)C. The number of hydrogen-bond acceptors (Lipinski definition) is 2. The normalized spacial score (nSPS) is 12.8. The molecule has 33 heavy (non-hydrogen) atoms. The first kappa shape index (κ1) is 25.5. The van der Waals surface area contributed by atoms with Crippen LogP contribution in [0.2, 0.25) is 0 Å². The lowest BCUT2D eigenvalue weighted by atomic mass is 9.80. The molecule has 0 N–H and O–H groups in total. The molecule has 3 aromatic rings. The Kier molecular flexibility index (Phi) is 9.59. The third kappa shape index (κ3) is 6.71. The molecule has 3 rings (SSSR count). The lowest BCUT2D eigenvalue weighted by molar-refractivity contribution is 0.536. The van der Waals surface area contributed by atoms with Crippen LogP contribution in [0.15, 0.2) is 34.7 Å². The van der Waals surface area contributed by atoms with E-state index in [4.69, 9.17) is 9.40 Å². The molecule has 1 atom stereocenters. The standard InChI is InChI=1S/C31H44NO/c1-7-9-10-13-24(8-2)25-20-21-28(31-32-29-14-11-12-15-30(29)33-31)27(19-17-23(5)6)26(25)18-16-22(3)4/h11-12,14-15,20,22-24H,7-10,13,16-19H2,1-6H3. The van der Waals surface area contributed by atoms with Crippen molar-refractivity contribution in [2.45, 2.75) is 105 Å². The summed E-state index contributed by atoms with van der Waals surface area (Å²) in [5.74, 6) is 2.69. The van der Waals surface area contributed by atoms with E-state index in [1.807, 2.05) is 24.3 Å². The van der Waals surface area contributed by atoms with E-state index in [0.29, 0.717) is 17.8 Å². The Morgan fingerprint density at radius 3 is 2.21 bits per heavy atom. The molecular formula is C31H44NO. The third-order valence-electron chi connectivity index (χ3n) is 6.93. The molecule has 1 aromatic heterocycles. The predicted molar refractivity (Wildman–Crippen MR) is 142 cm³/mol. The molecule has 0 aliphatic heterocycles. The van der Waals surface area contributed by atoms with E-state index < -0.39 is 0 Å². The van der Waals surface area contributed by atoms with Gasteiger partial charge in [0.25, 0.3) is 0 Å². The lowest BCUT2D eigenvalue weighted by Gasteiger charge is -2.24. The van der Waals surface area contributed by atoms with E-state index in [0.717, 1.165) is 35.4 Å². The molecule has 0 aliphatic rings. The van der Waals surface area contributed by atoms with Gasteiger partial charge in [-0.3, -0.25) is 0 Å². The zero-order chi connectivity index (χ0) is 23.8. The molecule has 179 valence electrons. The molecule has 0 saturated heterocycles. The van der Waals surface area contributed by atoms with Gasteiger partial charge in [0.05, 0.1) is 0 Å². The molecule has 0 amide bonds. The largest absolute Gasteiger partial charge is 0.436 e. The van der Waals surface area contributed by atoms with Crippen LogP contribution in [0.5, 0.6) is 0 Å². The van der Waals surface area contributed by atoms with Crippen molar-refractivity contribution < 1.29 is 4.42 Å². The van der Waals surface area contributed by atoms with E-state index in [2.05, 4.69) is 53.7 Å². The van der Waals surface area contributed by atoms with Crippen LogP contribution in [0.4, 0.5) is 0 Å². The van der Waals surface area contributed by atoms with Gasteiger partial charge >= 0.3 is 0 Å². The highest BCUT2D eigenvalue weighted by Crippen LogP contribution is 2.37. The van der Waals surface area contributed by atoms with Gasteiger partial charge in [-0.25, -0.2) is 4.98 Å². The van der Waals surface area contributed by atoms with E-state index in [1.165, 1.54) is 56.1 Å². The number of fused-ring (bicyclic) bond motifs is 1. The van der Waals surface area contributed by atoms with Crippen LogP contribution in [0.1, 0.15) is 109 Å². The molecule has 1 heterocycles. The first-order valence-electron chi connectivity index (χ1n) is 13.4. The summed E-state index contributed by atoms with van der Waals surface area (Å²) in [4.78, 5) is 4.86. The second-order valence-corrected chi connectivity index (χ2v) is 10.5. The molecule has 1 unspecified atom stereocenters. The summed E-state index contributed by atoms with van der Waals surface area (Å²) >= 11 is 0. The average Bonchev–Trinajstić information content (AvgIpc) is 3.23. The number of hydrogen-bond donors (Lipinski definition) is 0. The minimum absolute atomic E-state index is 0.616. The molecule has 0 aliphatic carbocycles. The van der Waals surface area contributed by atoms with Gasteiger partial charge in [0, 0.05) is 5.56 Å². The van der Waals surface area contributed by atoms with E-state index >= 15 is 0 Å². The van der Waals surface area contributed by atoms with Crippen LogP contribution in [0.3, 0.4) is 0 Å². The van der Waals surface area contributed by atoms with Crippen LogP contribution in [-0.2, 0) is 12.8 Å². The predicted octanol–water partition coefficient (Wildman–Crippen LogP) is 9.55. The topological polar surface area (TPSA) is 26.0 Å². The quantitative estimate of drug-likeness (QED) is 0.244. The second kappa shape index (κ2) is 12.4. The summed E-state index contributed by atoms with van der Waals surface area (Å²) < 4.78 is 6.25. The van der Waals surface area contributed by atoms with Gasteiger partial charge in [-0.05, 0) is 97.2 Å². The second-order valence-electron chi connectivity index (χ2n) is 10.5. The van der Waals surface area contributed by atoms with Crippen molar-refractivity contribution in [1.82, 2.24) is 4.98 Å². The fraction of sp³-hybridized carbons (Fsp3) is 0.581. The van der Waals surface area contributed by atoms with Gasteiger partial charge in [-0.1, -0.05) is 72.9 Å². The maximum Gasteiger partial charge on any atom is 0.228 e. The molecule has 0 bridgehead atoms. The first-order valence-corrected chi connectivity index (χ1v) is 13.4. The highest BCUT2D eigenvalue weighted by atomic mass is 16.3. The van der Waals surface area contributed by atoms with Crippen molar-refractivity contribution in [2.24, 2.45) is 11.8 Å². The molecule has 2 aromatic carbocycles. The van der Waals surface area contributed by atoms with Crippen molar-refractivity contribution in [3.8, 4) is 11.5 Å². The third-order valence-corrected chi connectivity index (χ3v) is 6.93. The van der Waals surface area contributed by atoms with Crippen molar-refractivity contribution >= 4 is 11.1 Å². The van der Waals surface area contributed by atoms with Crippen LogP contribution >= 0.6 is 0 Å². The van der Waals surface area contributed by atoms with Crippen molar-refractivity contribution in [2.75, 3.05) is 0 Å². The summed E-state index contributed by atoms with van der Waals surface area (Å²) in [6, 6.07) is 14.1. The molecule has 2 heteroatoms. The van der Waals surface area contributed by atoms with Gasteiger partial charge in [-0.15, -0.1) is 0 Å².